The summed E-state index contributed by atoms with van der Waals surface area (Å²) in [6.07, 6.45) is 2.98. The average Bonchev–Trinajstić information content (AvgIpc) is 3.03. The molecule has 2 aromatic rings. The summed E-state index contributed by atoms with van der Waals surface area (Å²) in [4.78, 5) is 0. The molecule has 0 bridgehead atoms. The molecule has 106 valence electrons. The normalized spacial score (nSPS) is 14.9. The van der Waals surface area contributed by atoms with Gasteiger partial charge in [0.05, 0.1) is 12.8 Å². The molecule has 0 saturated carbocycles. The summed E-state index contributed by atoms with van der Waals surface area (Å²) in [7, 11) is 1.98. The average molecular weight is 271 g/mol. The van der Waals surface area contributed by atoms with Gasteiger partial charge in [-0.3, -0.25) is 4.68 Å². The first kappa shape index (κ1) is 13.2. The van der Waals surface area contributed by atoms with Crippen molar-refractivity contribution in [3.63, 3.8) is 0 Å². The Kier molecular flexibility index (Phi) is 3.49. The van der Waals surface area contributed by atoms with Gasteiger partial charge in [-0.25, -0.2) is 0 Å². The predicted octanol–water partition coefficient (Wildman–Crippen LogP) is 2.51. The smallest absolute Gasteiger partial charge is 0.122 e. The van der Waals surface area contributed by atoms with Crippen molar-refractivity contribution < 1.29 is 4.74 Å². The highest BCUT2D eigenvalue weighted by Gasteiger charge is 2.14. The maximum absolute atomic E-state index is 5.54. The summed E-state index contributed by atoms with van der Waals surface area (Å²) in [5.74, 6) is 1.05. The maximum atomic E-state index is 5.54. The molecule has 0 spiro atoms. The van der Waals surface area contributed by atoms with Crippen molar-refractivity contribution in [3.05, 3.63) is 46.8 Å². The molecule has 0 amide bonds. The Bertz CT molecular complexity index is 618. The molecule has 0 radical (unpaired) electrons. The molecule has 1 N–H and O–H groups in total. The van der Waals surface area contributed by atoms with Crippen molar-refractivity contribution in [2.75, 3.05) is 6.61 Å². The molecule has 1 aromatic carbocycles. The van der Waals surface area contributed by atoms with Gasteiger partial charge in [-0.15, -0.1) is 0 Å². The van der Waals surface area contributed by atoms with Gasteiger partial charge >= 0.3 is 0 Å². The number of nitrogens with one attached hydrogen (secondary N) is 1. The fourth-order valence-corrected chi connectivity index (χ4v) is 2.67. The van der Waals surface area contributed by atoms with Crippen molar-refractivity contribution in [3.8, 4) is 5.75 Å². The quantitative estimate of drug-likeness (QED) is 0.928. The lowest BCUT2D eigenvalue weighted by Crippen LogP contribution is -2.18. The van der Waals surface area contributed by atoms with Crippen LogP contribution in [0.1, 0.15) is 35.3 Å². The van der Waals surface area contributed by atoms with Crippen LogP contribution >= 0.6 is 0 Å². The largest absolute Gasteiger partial charge is 0.493 e. The van der Waals surface area contributed by atoms with Gasteiger partial charge in [0, 0.05) is 37.3 Å². The number of aromatic nitrogens is 2. The van der Waals surface area contributed by atoms with E-state index in [1.807, 2.05) is 17.9 Å². The molecule has 1 aliphatic rings. The van der Waals surface area contributed by atoms with E-state index in [0.29, 0.717) is 6.04 Å². The molecule has 2 heterocycles. The number of hydrogen-bond acceptors (Lipinski definition) is 3. The van der Waals surface area contributed by atoms with Crippen molar-refractivity contribution in [2.24, 2.45) is 7.05 Å². The second kappa shape index (κ2) is 5.29. The van der Waals surface area contributed by atoms with Gasteiger partial charge in [-0.2, -0.15) is 5.10 Å². The Balaban J connectivity index is 1.66. The molecule has 0 fully saturated rings. The van der Waals surface area contributed by atoms with E-state index in [0.717, 1.165) is 25.3 Å². The van der Waals surface area contributed by atoms with Gasteiger partial charge in [0.2, 0.25) is 0 Å². The van der Waals surface area contributed by atoms with E-state index < -0.39 is 0 Å². The first-order valence-electron chi connectivity index (χ1n) is 7.11. The first-order valence-corrected chi connectivity index (χ1v) is 7.11. The minimum atomic E-state index is 0.299. The van der Waals surface area contributed by atoms with Gasteiger partial charge in [0.15, 0.2) is 0 Å². The number of rotatable bonds is 4. The van der Waals surface area contributed by atoms with E-state index in [1.54, 1.807) is 0 Å². The van der Waals surface area contributed by atoms with Crippen molar-refractivity contribution in [2.45, 2.75) is 32.9 Å². The highest BCUT2D eigenvalue weighted by Crippen LogP contribution is 2.26. The van der Waals surface area contributed by atoms with Crippen LogP contribution in [0.4, 0.5) is 0 Å². The molecule has 0 aliphatic carbocycles. The minimum absolute atomic E-state index is 0.299. The van der Waals surface area contributed by atoms with Crippen molar-refractivity contribution in [1.29, 1.82) is 0 Å². The summed E-state index contributed by atoms with van der Waals surface area (Å²) in [6, 6.07) is 6.77. The van der Waals surface area contributed by atoms with Crippen LogP contribution in [0.15, 0.2) is 24.4 Å². The molecular formula is C16H21N3O. The third kappa shape index (κ3) is 2.43. The number of ether oxygens (including phenoxy) is 1. The number of nitrogens with zero attached hydrogens (tertiary/aromatic N) is 2. The Morgan fingerprint density at radius 3 is 3.05 bits per heavy atom. The van der Waals surface area contributed by atoms with Crippen LogP contribution in [0.3, 0.4) is 0 Å². The molecular weight excluding hydrogens is 250 g/mol. The Morgan fingerprint density at radius 1 is 1.45 bits per heavy atom. The Labute approximate surface area is 119 Å². The number of benzene rings is 1. The second-order valence-corrected chi connectivity index (χ2v) is 5.45. The fourth-order valence-electron chi connectivity index (χ4n) is 2.67. The van der Waals surface area contributed by atoms with Gasteiger partial charge in [-0.1, -0.05) is 12.1 Å². The second-order valence-electron chi connectivity index (χ2n) is 5.45. The summed E-state index contributed by atoms with van der Waals surface area (Å²) in [5, 5.41) is 7.87. The van der Waals surface area contributed by atoms with E-state index in [-0.39, 0.29) is 0 Å². The van der Waals surface area contributed by atoms with E-state index in [9.17, 15) is 0 Å². The minimum Gasteiger partial charge on any atom is -0.493 e. The molecule has 1 unspecified atom stereocenters. The van der Waals surface area contributed by atoms with Crippen LogP contribution in [-0.4, -0.2) is 16.4 Å². The van der Waals surface area contributed by atoms with E-state index in [4.69, 9.17) is 4.74 Å². The molecule has 1 atom stereocenters. The third-order valence-corrected chi connectivity index (χ3v) is 4.11. The molecule has 4 nitrogen and oxygen atoms in total. The highest BCUT2D eigenvalue weighted by molar-refractivity contribution is 5.39. The van der Waals surface area contributed by atoms with Crippen LogP contribution in [0.5, 0.6) is 5.75 Å². The van der Waals surface area contributed by atoms with Gasteiger partial charge in [-0.05, 0) is 31.0 Å². The highest BCUT2D eigenvalue weighted by atomic mass is 16.5. The number of aryl methyl sites for hydroxylation is 1. The fraction of sp³-hybridized carbons (Fsp3) is 0.438. The van der Waals surface area contributed by atoms with Crippen LogP contribution in [-0.2, 0) is 20.0 Å². The van der Waals surface area contributed by atoms with Crippen LogP contribution < -0.4 is 10.1 Å². The van der Waals surface area contributed by atoms with Crippen molar-refractivity contribution >= 4 is 0 Å². The number of hydrogen-bond donors (Lipinski definition) is 1. The monoisotopic (exact) mass is 271 g/mol. The lowest BCUT2D eigenvalue weighted by Gasteiger charge is -2.14. The molecule has 3 rings (SSSR count). The van der Waals surface area contributed by atoms with E-state index >= 15 is 0 Å². The first-order chi connectivity index (χ1) is 9.65. The zero-order chi connectivity index (χ0) is 14.1. The van der Waals surface area contributed by atoms with Crippen LogP contribution in [0.25, 0.3) is 0 Å². The molecule has 4 heteroatoms. The molecule has 0 saturated heterocycles. The summed E-state index contributed by atoms with van der Waals surface area (Å²) in [5.41, 5.74) is 5.11. The van der Waals surface area contributed by atoms with Crippen LogP contribution in [0, 0.1) is 6.92 Å². The SMILES string of the molecule is Cc1c(C(C)NCc2ccc3c(c2)CCO3)cnn1C. The number of fused-ring (bicyclic) bond motifs is 1. The Morgan fingerprint density at radius 2 is 2.30 bits per heavy atom. The summed E-state index contributed by atoms with van der Waals surface area (Å²) < 4.78 is 7.45. The topological polar surface area (TPSA) is 39.1 Å². The summed E-state index contributed by atoms with van der Waals surface area (Å²) >= 11 is 0. The Hall–Kier alpha value is -1.81. The standard InChI is InChI=1S/C16H21N3O/c1-11(15-10-18-19(3)12(15)2)17-9-13-4-5-16-14(8-13)6-7-20-16/h4-5,8,10-11,17H,6-7,9H2,1-3H3. The summed E-state index contributed by atoms with van der Waals surface area (Å²) in [6.45, 7) is 5.97. The van der Waals surface area contributed by atoms with Crippen molar-refractivity contribution in [1.82, 2.24) is 15.1 Å². The van der Waals surface area contributed by atoms with Crippen LogP contribution in [0.2, 0.25) is 0 Å². The van der Waals surface area contributed by atoms with Gasteiger partial charge < -0.3 is 10.1 Å². The lowest BCUT2D eigenvalue weighted by molar-refractivity contribution is 0.357. The van der Waals surface area contributed by atoms with Gasteiger partial charge in [0.1, 0.15) is 5.75 Å². The maximum Gasteiger partial charge on any atom is 0.122 e. The van der Waals surface area contributed by atoms with E-state index in [1.165, 1.54) is 22.4 Å². The zero-order valence-corrected chi connectivity index (χ0v) is 12.3. The molecule has 20 heavy (non-hydrogen) atoms. The molecule has 1 aromatic heterocycles. The van der Waals surface area contributed by atoms with E-state index in [2.05, 4.69) is 42.5 Å². The van der Waals surface area contributed by atoms with Gasteiger partial charge in [0.25, 0.3) is 0 Å². The zero-order valence-electron chi connectivity index (χ0n) is 12.3. The third-order valence-electron chi connectivity index (χ3n) is 4.11. The lowest BCUT2D eigenvalue weighted by atomic mass is 10.1. The molecule has 1 aliphatic heterocycles. The predicted molar refractivity (Wildman–Crippen MR) is 78.8 cm³/mol.